The van der Waals surface area contributed by atoms with Gasteiger partial charge >= 0.3 is 12.1 Å². The maximum atomic E-state index is 12.7. The van der Waals surface area contributed by atoms with Crippen molar-refractivity contribution >= 4 is 16.9 Å². The van der Waals surface area contributed by atoms with Crippen molar-refractivity contribution in [3.63, 3.8) is 0 Å². The van der Waals surface area contributed by atoms with Crippen LogP contribution >= 0.6 is 0 Å². The van der Waals surface area contributed by atoms with Crippen LogP contribution in [0.3, 0.4) is 0 Å². The van der Waals surface area contributed by atoms with E-state index >= 15 is 0 Å². The first-order valence-corrected chi connectivity index (χ1v) is 7.87. The van der Waals surface area contributed by atoms with Gasteiger partial charge in [-0.2, -0.15) is 13.2 Å². The van der Waals surface area contributed by atoms with Gasteiger partial charge in [-0.3, -0.25) is 4.98 Å². The summed E-state index contributed by atoms with van der Waals surface area (Å²) in [6, 6.07) is 11.2. The first kappa shape index (κ1) is 18.5. The average Bonchev–Trinajstić information content (AvgIpc) is 2.62. The smallest absolute Gasteiger partial charge is 0.416 e. The number of fused-ring (bicyclic) bond motifs is 1. The Hall–Kier alpha value is -3.29. The van der Waals surface area contributed by atoms with Crippen molar-refractivity contribution < 1.29 is 32.5 Å². The van der Waals surface area contributed by atoms with Gasteiger partial charge in [-0.05, 0) is 49.4 Å². The van der Waals surface area contributed by atoms with Gasteiger partial charge in [0.2, 0.25) is 0 Å². The first-order chi connectivity index (χ1) is 12.7. The molecule has 27 heavy (non-hydrogen) atoms. The fourth-order valence-electron chi connectivity index (χ4n) is 2.31. The number of nitrogens with zero attached hydrogens (tertiary/aromatic N) is 1. The maximum Gasteiger partial charge on any atom is 0.416 e. The number of aromatic nitrogens is 1. The monoisotopic (exact) mass is 377 g/mol. The summed E-state index contributed by atoms with van der Waals surface area (Å²) in [5.41, 5.74) is -0.550. The minimum absolute atomic E-state index is 0.212. The molecule has 0 aliphatic heterocycles. The number of halogens is 3. The fraction of sp³-hybridized carbons (Fsp3) is 0.158. The molecule has 0 fully saturated rings. The molecule has 0 saturated heterocycles. The van der Waals surface area contributed by atoms with Gasteiger partial charge in [-0.1, -0.05) is 6.07 Å². The average molecular weight is 377 g/mol. The van der Waals surface area contributed by atoms with Crippen molar-refractivity contribution in [2.45, 2.75) is 19.2 Å². The Kier molecular flexibility index (Phi) is 4.89. The van der Waals surface area contributed by atoms with Crippen LogP contribution in [0.15, 0.2) is 54.7 Å². The first-order valence-electron chi connectivity index (χ1n) is 7.87. The number of carboxylic acid groups (broad SMARTS) is 1. The third-order valence-electron chi connectivity index (χ3n) is 3.71. The predicted octanol–water partition coefficient (Wildman–Crippen LogP) is 4.90. The van der Waals surface area contributed by atoms with Crippen molar-refractivity contribution in [1.29, 1.82) is 0 Å². The number of hydrogen-bond acceptors (Lipinski definition) is 4. The van der Waals surface area contributed by atoms with Crippen LogP contribution < -0.4 is 9.47 Å². The van der Waals surface area contributed by atoms with Crippen molar-refractivity contribution in [3.8, 4) is 17.2 Å². The van der Waals surface area contributed by atoms with Crippen LogP contribution in [0.1, 0.15) is 12.5 Å². The summed E-state index contributed by atoms with van der Waals surface area (Å²) in [5.74, 6) is 0.0908. The number of ether oxygens (including phenoxy) is 2. The normalized spacial score (nSPS) is 12.6. The Morgan fingerprint density at radius 1 is 1.04 bits per heavy atom. The molecule has 3 rings (SSSR count). The number of benzene rings is 2. The standard InChI is InChI=1S/C19H14F3NO4/c1-11(18(24)25)26-14-4-6-15(7-5-14)27-16-8-12-2-3-13(19(20,21)22)9-17(12)23-10-16/h2-11H,1H3,(H,24,25). The Bertz CT molecular complexity index is 971. The molecule has 0 amide bonds. The molecular weight excluding hydrogens is 363 g/mol. The van der Waals surface area contributed by atoms with E-state index in [1.807, 2.05) is 0 Å². The Morgan fingerprint density at radius 2 is 1.70 bits per heavy atom. The van der Waals surface area contributed by atoms with E-state index in [4.69, 9.17) is 14.6 Å². The van der Waals surface area contributed by atoms with Gasteiger partial charge in [-0.25, -0.2) is 4.79 Å². The molecule has 0 aliphatic rings. The van der Waals surface area contributed by atoms with Crippen LogP contribution in [-0.2, 0) is 11.0 Å². The van der Waals surface area contributed by atoms with Crippen LogP contribution in [0.5, 0.6) is 17.2 Å². The van der Waals surface area contributed by atoms with Crippen molar-refractivity contribution in [1.82, 2.24) is 4.98 Å². The van der Waals surface area contributed by atoms with Gasteiger partial charge in [0.1, 0.15) is 17.2 Å². The lowest BCUT2D eigenvalue weighted by molar-refractivity contribution is -0.144. The second kappa shape index (κ2) is 7.14. The van der Waals surface area contributed by atoms with E-state index in [1.165, 1.54) is 19.2 Å². The molecule has 1 unspecified atom stereocenters. The lowest BCUT2D eigenvalue weighted by Gasteiger charge is -2.11. The second-order valence-corrected chi connectivity index (χ2v) is 5.75. The number of aliphatic carboxylic acids is 1. The van der Waals surface area contributed by atoms with E-state index in [-0.39, 0.29) is 5.52 Å². The highest BCUT2D eigenvalue weighted by molar-refractivity contribution is 5.80. The van der Waals surface area contributed by atoms with E-state index in [0.29, 0.717) is 22.6 Å². The van der Waals surface area contributed by atoms with Crippen LogP contribution in [0.25, 0.3) is 10.9 Å². The highest BCUT2D eigenvalue weighted by Gasteiger charge is 2.30. The van der Waals surface area contributed by atoms with E-state index < -0.39 is 23.8 Å². The van der Waals surface area contributed by atoms with E-state index in [9.17, 15) is 18.0 Å². The van der Waals surface area contributed by atoms with Crippen molar-refractivity contribution in [3.05, 3.63) is 60.3 Å². The molecule has 140 valence electrons. The Labute approximate surface area is 152 Å². The number of hydrogen-bond donors (Lipinski definition) is 1. The van der Waals surface area contributed by atoms with Gasteiger partial charge in [0.15, 0.2) is 6.10 Å². The molecule has 1 aromatic heterocycles. The summed E-state index contributed by atoms with van der Waals surface area (Å²) >= 11 is 0. The Morgan fingerprint density at radius 3 is 2.33 bits per heavy atom. The summed E-state index contributed by atoms with van der Waals surface area (Å²) in [6.45, 7) is 1.41. The number of carbonyl (C=O) groups is 1. The molecule has 0 radical (unpaired) electrons. The predicted molar refractivity (Wildman–Crippen MR) is 91.0 cm³/mol. The summed E-state index contributed by atoms with van der Waals surface area (Å²) in [6.07, 6.45) is -4.07. The van der Waals surface area contributed by atoms with Gasteiger partial charge in [0.05, 0.1) is 17.3 Å². The molecule has 5 nitrogen and oxygen atoms in total. The van der Waals surface area contributed by atoms with Gasteiger partial charge < -0.3 is 14.6 Å². The fourth-order valence-corrected chi connectivity index (χ4v) is 2.31. The molecule has 1 heterocycles. The zero-order valence-electron chi connectivity index (χ0n) is 14.0. The molecule has 0 spiro atoms. The molecule has 1 N–H and O–H groups in total. The van der Waals surface area contributed by atoms with Crippen LogP contribution in [0, 0.1) is 0 Å². The molecular formula is C19H14F3NO4. The van der Waals surface area contributed by atoms with Gasteiger partial charge in [0.25, 0.3) is 0 Å². The number of pyridine rings is 1. The van der Waals surface area contributed by atoms with Crippen LogP contribution in [0.4, 0.5) is 13.2 Å². The lowest BCUT2D eigenvalue weighted by atomic mass is 10.1. The number of rotatable bonds is 5. The van der Waals surface area contributed by atoms with E-state index in [0.717, 1.165) is 12.1 Å². The molecule has 3 aromatic rings. The zero-order chi connectivity index (χ0) is 19.6. The minimum Gasteiger partial charge on any atom is -0.479 e. The summed E-state index contributed by atoms with van der Waals surface area (Å²) in [4.78, 5) is 14.8. The summed E-state index contributed by atoms with van der Waals surface area (Å²) in [5, 5.41) is 9.33. The summed E-state index contributed by atoms with van der Waals surface area (Å²) in [7, 11) is 0. The molecule has 1 atom stereocenters. The molecule has 0 aliphatic carbocycles. The van der Waals surface area contributed by atoms with Crippen molar-refractivity contribution in [2.75, 3.05) is 0 Å². The Balaban J connectivity index is 1.75. The third kappa shape index (κ3) is 4.46. The third-order valence-corrected chi connectivity index (χ3v) is 3.71. The van der Waals surface area contributed by atoms with Gasteiger partial charge in [-0.15, -0.1) is 0 Å². The molecule has 0 bridgehead atoms. The zero-order valence-corrected chi connectivity index (χ0v) is 14.0. The molecule has 0 saturated carbocycles. The highest BCUT2D eigenvalue weighted by atomic mass is 19.4. The quantitative estimate of drug-likeness (QED) is 0.685. The molecule has 2 aromatic carbocycles. The topological polar surface area (TPSA) is 68.7 Å². The maximum absolute atomic E-state index is 12.7. The number of carboxylic acids is 1. The second-order valence-electron chi connectivity index (χ2n) is 5.75. The summed E-state index contributed by atoms with van der Waals surface area (Å²) < 4.78 is 49.1. The van der Waals surface area contributed by atoms with Crippen LogP contribution in [-0.4, -0.2) is 22.2 Å². The van der Waals surface area contributed by atoms with E-state index in [2.05, 4.69) is 4.98 Å². The SMILES string of the molecule is CC(Oc1ccc(Oc2cnc3cc(C(F)(F)F)ccc3c2)cc1)C(=O)O. The molecule has 8 heteroatoms. The van der Waals surface area contributed by atoms with E-state index in [1.54, 1.807) is 30.3 Å². The van der Waals surface area contributed by atoms with Gasteiger partial charge in [0, 0.05) is 5.39 Å². The lowest BCUT2D eigenvalue weighted by Crippen LogP contribution is -2.22. The van der Waals surface area contributed by atoms with Crippen molar-refractivity contribution in [2.24, 2.45) is 0 Å². The highest BCUT2D eigenvalue weighted by Crippen LogP contribution is 2.32. The van der Waals surface area contributed by atoms with Crippen LogP contribution in [0.2, 0.25) is 0 Å². The minimum atomic E-state index is -4.42. The largest absolute Gasteiger partial charge is 0.479 e. The number of alkyl halides is 3.